The first-order chi connectivity index (χ1) is 19.9. The van der Waals surface area contributed by atoms with Crippen molar-refractivity contribution < 1.29 is 31.9 Å². The lowest BCUT2D eigenvalue weighted by Crippen LogP contribution is -2.55. The van der Waals surface area contributed by atoms with Gasteiger partial charge in [0.15, 0.2) is 5.78 Å². The number of ketones is 1. The quantitative estimate of drug-likeness (QED) is 0.250. The number of morpholine rings is 1. The number of benzene rings is 2. The van der Waals surface area contributed by atoms with Gasteiger partial charge < -0.3 is 19.8 Å². The molecule has 3 heterocycles. The van der Waals surface area contributed by atoms with E-state index in [2.05, 4.69) is 4.98 Å². The summed E-state index contributed by atoms with van der Waals surface area (Å²) in [5.41, 5.74) is 5.92. The Bertz CT molecular complexity index is 1640. The smallest absolute Gasteiger partial charge is 0.420 e. The fourth-order valence-electron chi connectivity index (χ4n) is 4.94. The normalized spacial score (nSPS) is 15.4. The lowest BCUT2D eigenvalue weighted by atomic mass is 9.97. The summed E-state index contributed by atoms with van der Waals surface area (Å²) in [7, 11) is 0. The molecule has 1 amide bonds. The van der Waals surface area contributed by atoms with Gasteiger partial charge >= 0.3 is 6.18 Å². The Balaban J connectivity index is 1.36. The van der Waals surface area contributed by atoms with E-state index < -0.39 is 17.3 Å². The number of fused-ring (bicyclic) bond motifs is 1. The molecule has 1 fully saturated rings. The number of nitrogens with two attached hydrogens (primary N) is 1. The van der Waals surface area contributed by atoms with Gasteiger partial charge in [-0.3, -0.25) is 9.59 Å². The van der Waals surface area contributed by atoms with Gasteiger partial charge in [0.1, 0.15) is 17.2 Å². The zero-order chi connectivity index (χ0) is 30.1. The van der Waals surface area contributed by atoms with E-state index in [0.29, 0.717) is 47.8 Å². The molecule has 2 aromatic heterocycles. The number of hydrogen-bond acceptors (Lipinski definition) is 6. The molecule has 5 rings (SSSR count). The molecule has 0 spiro atoms. The summed E-state index contributed by atoms with van der Waals surface area (Å²) in [4.78, 5) is 31.2. The van der Waals surface area contributed by atoms with Crippen molar-refractivity contribution in [1.82, 2.24) is 9.88 Å². The van der Waals surface area contributed by atoms with E-state index in [1.165, 1.54) is 18.3 Å². The van der Waals surface area contributed by atoms with Gasteiger partial charge in [0.05, 0.1) is 24.3 Å². The van der Waals surface area contributed by atoms with Crippen LogP contribution in [-0.4, -0.2) is 46.9 Å². The lowest BCUT2D eigenvalue weighted by molar-refractivity contribution is -0.136. The van der Waals surface area contributed by atoms with E-state index in [0.717, 1.165) is 6.07 Å². The Kier molecular flexibility index (Phi) is 7.92. The number of amides is 1. The number of pyridine rings is 1. The average molecular weight is 578 g/mol. The molecule has 0 atom stereocenters. The lowest BCUT2D eigenvalue weighted by Gasteiger charge is -2.42. The monoisotopic (exact) mass is 577 g/mol. The molecule has 218 valence electrons. The van der Waals surface area contributed by atoms with Crippen LogP contribution in [0.2, 0.25) is 0 Å². The predicted octanol–water partition coefficient (Wildman–Crippen LogP) is 6.56. The maximum Gasteiger partial charge on any atom is 0.420 e. The minimum Gasteiger partial charge on any atom is -0.460 e. The Labute approximate surface area is 240 Å². The number of nitrogen functional groups attached to an aromatic ring is 1. The van der Waals surface area contributed by atoms with Crippen LogP contribution in [0.4, 0.5) is 19.0 Å². The third kappa shape index (κ3) is 6.38. The van der Waals surface area contributed by atoms with E-state index in [1.54, 1.807) is 53.4 Å². The second-order valence-electron chi connectivity index (χ2n) is 10.9. The maximum atomic E-state index is 14.1. The number of aromatic nitrogens is 1. The molecular formula is C32H30F3N3O4. The highest BCUT2D eigenvalue weighted by Crippen LogP contribution is 2.39. The first kappa shape index (κ1) is 29.1. The largest absolute Gasteiger partial charge is 0.460 e. The molecule has 0 bridgehead atoms. The summed E-state index contributed by atoms with van der Waals surface area (Å²) in [5, 5.41) is 0.279. The van der Waals surface area contributed by atoms with E-state index in [9.17, 15) is 22.8 Å². The topological polar surface area (TPSA) is 98.7 Å². The van der Waals surface area contributed by atoms with E-state index in [1.807, 2.05) is 13.8 Å². The zero-order valence-corrected chi connectivity index (χ0v) is 23.2. The Hall–Kier alpha value is -4.44. The SMILES string of the molecule is CC1(C)COCCN1C(=O)c1ccc(-c2cc(C(F)(F)F)c3oc(CCC(=O)/C=C/c4ccc(N)nc4)cc3c2)cc1. The number of allylic oxidation sites excluding steroid dienone is 1. The van der Waals surface area contributed by atoms with Gasteiger partial charge in [-0.05, 0) is 85.2 Å². The van der Waals surface area contributed by atoms with Gasteiger partial charge in [-0.2, -0.15) is 13.2 Å². The standard InChI is InChI=1S/C32H30F3N3O4/c1-31(2)19-41-14-13-38(31)30(40)22-7-5-21(6-8-22)23-15-24-16-26(42-29(24)27(17-23)32(33,34)35)11-10-25(39)9-3-20-4-12-28(36)37-18-20/h3-9,12,15-18H,10-11,13-14,19H2,1-2H3,(H2,36,37)/b9-3+. The molecule has 7 nitrogen and oxygen atoms in total. The van der Waals surface area contributed by atoms with E-state index in [-0.39, 0.29) is 41.3 Å². The molecule has 2 N–H and O–H groups in total. The molecule has 2 aromatic carbocycles. The van der Waals surface area contributed by atoms with E-state index in [4.69, 9.17) is 14.9 Å². The minimum absolute atomic E-state index is 0.0579. The predicted molar refractivity (Wildman–Crippen MR) is 154 cm³/mol. The molecule has 4 aromatic rings. The summed E-state index contributed by atoms with van der Waals surface area (Å²) in [6.45, 7) is 5.20. The van der Waals surface area contributed by atoms with Gasteiger partial charge in [0.25, 0.3) is 5.91 Å². The average Bonchev–Trinajstić information content (AvgIpc) is 3.37. The van der Waals surface area contributed by atoms with Crippen molar-refractivity contribution in [2.75, 3.05) is 25.5 Å². The highest BCUT2D eigenvalue weighted by Gasteiger charge is 2.36. The molecule has 1 aliphatic heterocycles. The number of nitrogens with zero attached hydrogens (tertiary/aromatic N) is 2. The number of halogens is 3. The van der Waals surface area contributed by atoms with Crippen LogP contribution in [0.3, 0.4) is 0 Å². The number of carbonyl (C=O) groups excluding carboxylic acids is 2. The third-order valence-corrected chi connectivity index (χ3v) is 7.22. The molecule has 0 saturated carbocycles. The van der Waals surface area contributed by atoms with Gasteiger partial charge in [-0.15, -0.1) is 0 Å². The first-order valence-electron chi connectivity index (χ1n) is 13.5. The molecule has 1 aliphatic rings. The molecule has 10 heteroatoms. The highest BCUT2D eigenvalue weighted by atomic mass is 19.4. The van der Waals surface area contributed by atoms with Crippen molar-refractivity contribution in [3.8, 4) is 11.1 Å². The number of hydrogen-bond donors (Lipinski definition) is 1. The van der Waals surface area contributed by atoms with Crippen LogP contribution >= 0.6 is 0 Å². The second-order valence-corrected chi connectivity index (χ2v) is 10.9. The first-order valence-corrected chi connectivity index (χ1v) is 13.5. The van der Waals surface area contributed by atoms with Crippen LogP contribution in [0.1, 0.15) is 47.5 Å². The molecular weight excluding hydrogens is 547 g/mol. The second kappa shape index (κ2) is 11.4. The van der Waals surface area contributed by atoms with Crippen molar-refractivity contribution in [2.45, 2.75) is 38.4 Å². The number of ether oxygens (including phenoxy) is 1. The maximum absolute atomic E-state index is 14.1. The van der Waals surface area contributed by atoms with Crippen molar-refractivity contribution in [3.05, 3.63) is 89.3 Å². The summed E-state index contributed by atoms with van der Waals surface area (Å²) in [5.74, 6) is 0.275. The van der Waals surface area contributed by atoms with Crippen LogP contribution < -0.4 is 5.73 Å². The molecule has 0 aliphatic carbocycles. The van der Waals surface area contributed by atoms with Crippen LogP contribution in [-0.2, 0) is 22.1 Å². The van der Waals surface area contributed by atoms with Crippen LogP contribution in [0, 0.1) is 0 Å². The van der Waals surface area contributed by atoms with Crippen molar-refractivity contribution in [1.29, 1.82) is 0 Å². The summed E-state index contributed by atoms with van der Waals surface area (Å²) in [6, 6.07) is 14.1. The third-order valence-electron chi connectivity index (χ3n) is 7.22. The molecule has 1 saturated heterocycles. The van der Waals surface area contributed by atoms with Crippen molar-refractivity contribution in [2.24, 2.45) is 0 Å². The van der Waals surface area contributed by atoms with Gasteiger partial charge in [-0.25, -0.2) is 4.98 Å². The summed E-state index contributed by atoms with van der Waals surface area (Å²) >= 11 is 0. The number of aryl methyl sites for hydroxylation is 1. The van der Waals surface area contributed by atoms with Crippen molar-refractivity contribution in [3.63, 3.8) is 0 Å². The number of carbonyl (C=O) groups is 2. The van der Waals surface area contributed by atoms with Crippen LogP contribution in [0.5, 0.6) is 0 Å². The van der Waals surface area contributed by atoms with Gasteiger partial charge in [0, 0.05) is 36.5 Å². The van der Waals surface area contributed by atoms with Crippen LogP contribution in [0.15, 0.2) is 71.3 Å². The number of rotatable bonds is 7. The van der Waals surface area contributed by atoms with E-state index >= 15 is 0 Å². The highest BCUT2D eigenvalue weighted by molar-refractivity contribution is 5.96. The number of alkyl halides is 3. The fourth-order valence-corrected chi connectivity index (χ4v) is 4.94. The fraction of sp³-hybridized carbons (Fsp3) is 0.281. The van der Waals surface area contributed by atoms with Crippen LogP contribution in [0.25, 0.3) is 28.2 Å². The molecule has 0 unspecified atom stereocenters. The van der Waals surface area contributed by atoms with Gasteiger partial charge in [-0.1, -0.05) is 12.1 Å². The minimum atomic E-state index is -4.66. The van der Waals surface area contributed by atoms with Crippen molar-refractivity contribution >= 4 is 34.6 Å². The van der Waals surface area contributed by atoms with Gasteiger partial charge in [0.2, 0.25) is 0 Å². The summed E-state index contributed by atoms with van der Waals surface area (Å²) in [6.07, 6.45) is 0.0604. The zero-order valence-electron chi connectivity index (χ0n) is 23.2. The summed E-state index contributed by atoms with van der Waals surface area (Å²) < 4.78 is 53.3. The number of furan rings is 1. The number of anilines is 1. The molecule has 42 heavy (non-hydrogen) atoms. The Morgan fingerprint density at radius 3 is 2.50 bits per heavy atom. The molecule has 0 radical (unpaired) electrons. The Morgan fingerprint density at radius 1 is 1.07 bits per heavy atom. The Morgan fingerprint density at radius 2 is 1.83 bits per heavy atom.